The number of urea groups is 1. The average Bonchev–Trinajstić information content (AvgIpc) is 3.13. The minimum atomic E-state index is -0.199. The summed E-state index contributed by atoms with van der Waals surface area (Å²) in [5.74, 6) is 0. The molecular weight excluding hydrogens is 369 g/mol. The third-order valence-electron chi connectivity index (χ3n) is 4.58. The smallest absolute Gasteiger partial charge is 0.322 e. The van der Waals surface area contributed by atoms with E-state index in [1.54, 1.807) is 18.2 Å². The lowest BCUT2D eigenvalue weighted by Crippen LogP contribution is -2.44. The number of aromatic nitrogens is 1. The molecule has 4 rings (SSSR count). The molecule has 4 nitrogen and oxygen atoms in total. The average molecular weight is 386 g/mol. The molecule has 1 aromatic heterocycles. The highest BCUT2D eigenvalue weighted by atomic mass is 35.5. The lowest BCUT2D eigenvalue weighted by molar-refractivity contribution is 0.182. The molecule has 0 saturated carbocycles. The van der Waals surface area contributed by atoms with Gasteiger partial charge in [0.2, 0.25) is 0 Å². The lowest BCUT2D eigenvalue weighted by Gasteiger charge is -2.37. The van der Waals surface area contributed by atoms with Crippen molar-refractivity contribution in [1.29, 1.82) is 0 Å². The van der Waals surface area contributed by atoms with Crippen molar-refractivity contribution in [2.24, 2.45) is 0 Å². The second kappa shape index (κ2) is 7.06. The van der Waals surface area contributed by atoms with E-state index in [0.717, 1.165) is 17.8 Å². The van der Waals surface area contributed by atoms with Crippen LogP contribution in [0.25, 0.3) is 0 Å². The van der Waals surface area contributed by atoms with Crippen LogP contribution in [0.5, 0.6) is 0 Å². The Bertz CT molecular complexity index is 939. The van der Waals surface area contributed by atoms with Crippen molar-refractivity contribution in [3.63, 3.8) is 0 Å². The number of amides is 2. The van der Waals surface area contributed by atoms with E-state index in [1.165, 1.54) is 0 Å². The van der Waals surface area contributed by atoms with Crippen molar-refractivity contribution in [2.75, 3.05) is 11.9 Å². The Hall–Kier alpha value is -2.43. The quantitative estimate of drug-likeness (QED) is 0.626. The van der Waals surface area contributed by atoms with Gasteiger partial charge in [-0.15, -0.1) is 0 Å². The minimum Gasteiger partial charge on any atom is -0.348 e. The maximum atomic E-state index is 13.1. The zero-order valence-electron chi connectivity index (χ0n) is 13.9. The lowest BCUT2D eigenvalue weighted by atomic mass is 10.0. The Morgan fingerprint density at radius 1 is 1.00 bits per heavy atom. The summed E-state index contributed by atoms with van der Waals surface area (Å²) in [6.07, 6.45) is 2.05. The first-order valence-corrected chi connectivity index (χ1v) is 9.12. The first-order chi connectivity index (χ1) is 12.6. The summed E-state index contributed by atoms with van der Waals surface area (Å²) < 4.78 is 2.19. The van der Waals surface area contributed by atoms with Crippen molar-refractivity contribution in [3.05, 3.63) is 88.2 Å². The second-order valence-electron chi connectivity index (χ2n) is 6.19. The largest absolute Gasteiger partial charge is 0.348 e. The van der Waals surface area contributed by atoms with Crippen LogP contribution in [0, 0.1) is 0 Å². The highest BCUT2D eigenvalue weighted by Gasteiger charge is 2.32. The summed E-state index contributed by atoms with van der Waals surface area (Å²) in [5, 5.41) is 3.89. The third-order valence-corrected chi connectivity index (χ3v) is 5.15. The van der Waals surface area contributed by atoms with Crippen LogP contribution >= 0.6 is 23.2 Å². The maximum absolute atomic E-state index is 13.1. The van der Waals surface area contributed by atoms with Gasteiger partial charge in [-0.2, -0.15) is 0 Å². The highest BCUT2D eigenvalue weighted by molar-refractivity contribution is 6.35. The standard InChI is InChI=1S/C20H17Cl2N3O/c21-15-8-9-16(22)17(13-15)23-20(26)25-12-11-24-10-4-7-18(24)19(25)14-5-2-1-3-6-14/h1-10,13,19H,11-12H2,(H,23,26). The number of nitrogens with zero attached hydrogens (tertiary/aromatic N) is 2. The number of anilines is 1. The van der Waals surface area contributed by atoms with E-state index in [1.807, 2.05) is 47.5 Å². The molecule has 1 atom stereocenters. The number of nitrogens with one attached hydrogen (secondary N) is 1. The normalized spacial score (nSPS) is 16.2. The molecule has 1 aliphatic rings. The van der Waals surface area contributed by atoms with Gasteiger partial charge in [0.25, 0.3) is 0 Å². The zero-order valence-corrected chi connectivity index (χ0v) is 15.4. The number of carbonyl (C=O) groups excluding carboxylic acids is 1. The van der Waals surface area contributed by atoms with Gasteiger partial charge in [-0.3, -0.25) is 0 Å². The van der Waals surface area contributed by atoms with Gasteiger partial charge in [0.15, 0.2) is 0 Å². The Kier molecular flexibility index (Phi) is 4.62. The van der Waals surface area contributed by atoms with Gasteiger partial charge in [0.05, 0.1) is 16.8 Å². The van der Waals surface area contributed by atoms with E-state index in [9.17, 15) is 4.79 Å². The van der Waals surface area contributed by atoms with E-state index >= 15 is 0 Å². The summed E-state index contributed by atoms with van der Waals surface area (Å²) in [5.41, 5.74) is 2.67. The van der Waals surface area contributed by atoms with Crippen molar-refractivity contribution >= 4 is 34.9 Å². The van der Waals surface area contributed by atoms with Crippen molar-refractivity contribution in [2.45, 2.75) is 12.6 Å². The fourth-order valence-corrected chi connectivity index (χ4v) is 3.71. The molecule has 3 aromatic rings. The second-order valence-corrected chi connectivity index (χ2v) is 7.03. The van der Waals surface area contributed by atoms with E-state index in [-0.39, 0.29) is 12.1 Å². The van der Waals surface area contributed by atoms with Gasteiger partial charge in [-0.25, -0.2) is 4.79 Å². The maximum Gasteiger partial charge on any atom is 0.322 e. The monoisotopic (exact) mass is 385 g/mol. The number of fused-ring (bicyclic) bond motifs is 1. The van der Waals surface area contributed by atoms with E-state index in [2.05, 4.69) is 16.0 Å². The Balaban J connectivity index is 1.68. The molecule has 2 amide bonds. The topological polar surface area (TPSA) is 37.3 Å². The molecule has 0 spiro atoms. The van der Waals surface area contributed by atoms with Gasteiger partial charge in [0.1, 0.15) is 0 Å². The summed E-state index contributed by atoms with van der Waals surface area (Å²) in [6.45, 7) is 1.35. The molecule has 26 heavy (non-hydrogen) atoms. The van der Waals surface area contributed by atoms with Gasteiger partial charge in [0, 0.05) is 30.0 Å². The van der Waals surface area contributed by atoms with Crippen LogP contribution in [0.1, 0.15) is 17.3 Å². The molecular formula is C20H17Cl2N3O. The summed E-state index contributed by atoms with van der Waals surface area (Å²) in [4.78, 5) is 14.9. The van der Waals surface area contributed by atoms with Crippen LogP contribution in [0.3, 0.4) is 0 Å². The van der Waals surface area contributed by atoms with Gasteiger partial charge in [-0.1, -0.05) is 53.5 Å². The predicted octanol–water partition coefficient (Wildman–Crippen LogP) is 5.43. The SMILES string of the molecule is O=C(Nc1cc(Cl)ccc1Cl)N1CCn2cccc2C1c1ccccc1. The number of benzene rings is 2. The molecule has 0 radical (unpaired) electrons. The summed E-state index contributed by atoms with van der Waals surface area (Å²) >= 11 is 12.2. The molecule has 2 heterocycles. The number of hydrogen-bond acceptors (Lipinski definition) is 1. The number of halogens is 2. The van der Waals surface area contributed by atoms with Crippen LogP contribution in [-0.2, 0) is 6.54 Å². The first-order valence-electron chi connectivity index (χ1n) is 8.36. The number of hydrogen-bond donors (Lipinski definition) is 1. The summed E-state index contributed by atoms with van der Waals surface area (Å²) in [6, 6.07) is 18.8. The Morgan fingerprint density at radius 2 is 1.81 bits per heavy atom. The number of rotatable bonds is 2. The third kappa shape index (κ3) is 3.18. The van der Waals surface area contributed by atoms with Crippen LogP contribution in [0.2, 0.25) is 10.0 Å². The first kappa shape index (κ1) is 17.0. The van der Waals surface area contributed by atoms with Crippen LogP contribution in [0.4, 0.5) is 10.5 Å². The molecule has 0 bridgehead atoms. The van der Waals surface area contributed by atoms with E-state index in [0.29, 0.717) is 22.3 Å². The predicted molar refractivity (Wildman–Crippen MR) is 105 cm³/mol. The van der Waals surface area contributed by atoms with Gasteiger partial charge in [-0.05, 0) is 35.9 Å². The molecule has 0 aliphatic carbocycles. The molecule has 1 unspecified atom stereocenters. The van der Waals surface area contributed by atoms with Crippen molar-refractivity contribution in [3.8, 4) is 0 Å². The molecule has 1 N–H and O–H groups in total. The fourth-order valence-electron chi connectivity index (χ4n) is 3.37. The molecule has 0 fully saturated rings. The van der Waals surface area contributed by atoms with Crippen molar-refractivity contribution in [1.82, 2.24) is 9.47 Å². The van der Waals surface area contributed by atoms with E-state index < -0.39 is 0 Å². The highest BCUT2D eigenvalue weighted by Crippen LogP contribution is 2.33. The molecule has 6 heteroatoms. The van der Waals surface area contributed by atoms with Crippen LogP contribution in [0.15, 0.2) is 66.9 Å². The van der Waals surface area contributed by atoms with Gasteiger partial charge >= 0.3 is 6.03 Å². The molecule has 2 aromatic carbocycles. The minimum absolute atomic E-state index is 0.155. The fraction of sp³-hybridized carbons (Fsp3) is 0.150. The van der Waals surface area contributed by atoms with Crippen molar-refractivity contribution < 1.29 is 4.79 Å². The van der Waals surface area contributed by atoms with Crippen LogP contribution < -0.4 is 5.32 Å². The van der Waals surface area contributed by atoms with E-state index in [4.69, 9.17) is 23.2 Å². The number of carbonyl (C=O) groups is 1. The molecule has 1 aliphatic heterocycles. The molecule has 0 saturated heterocycles. The summed E-state index contributed by atoms with van der Waals surface area (Å²) in [7, 11) is 0. The van der Waals surface area contributed by atoms with Crippen LogP contribution in [-0.4, -0.2) is 22.0 Å². The molecule has 132 valence electrons. The Morgan fingerprint density at radius 3 is 2.62 bits per heavy atom. The Labute approximate surface area is 161 Å². The van der Waals surface area contributed by atoms with Gasteiger partial charge < -0.3 is 14.8 Å². The zero-order chi connectivity index (χ0) is 18.1.